The molecular formula is C14H11N3O3. The second-order valence-electron chi connectivity index (χ2n) is 4.46. The number of amides is 3. The third-order valence-electron chi connectivity index (χ3n) is 3.19. The molecule has 20 heavy (non-hydrogen) atoms. The van der Waals surface area contributed by atoms with E-state index in [2.05, 4.69) is 10.3 Å². The number of nitrogens with zero attached hydrogens (tertiary/aromatic N) is 2. The van der Waals surface area contributed by atoms with E-state index < -0.39 is 6.03 Å². The van der Waals surface area contributed by atoms with Crippen LogP contribution in [-0.2, 0) is 4.79 Å². The minimum absolute atomic E-state index is 0.246. The van der Waals surface area contributed by atoms with E-state index in [1.165, 1.54) is 4.90 Å². The van der Waals surface area contributed by atoms with Gasteiger partial charge in [0, 0.05) is 18.4 Å². The molecule has 1 fully saturated rings. The minimum atomic E-state index is -0.466. The summed E-state index contributed by atoms with van der Waals surface area (Å²) in [4.78, 5) is 39.7. The van der Waals surface area contributed by atoms with E-state index in [0.717, 1.165) is 5.39 Å². The van der Waals surface area contributed by atoms with Gasteiger partial charge in [-0.3, -0.25) is 19.8 Å². The van der Waals surface area contributed by atoms with Crippen molar-refractivity contribution in [3.8, 4) is 0 Å². The highest BCUT2D eigenvalue weighted by Crippen LogP contribution is 2.26. The standard InChI is InChI=1S/C14H11N3O3/c18-8-10-5-4-9-2-1-3-11(13(9)15-10)17-7-6-12(19)16-14(17)20/h1-5,8H,6-7H2,(H,16,19,20). The number of nitrogens with one attached hydrogen (secondary N) is 1. The van der Waals surface area contributed by atoms with E-state index in [9.17, 15) is 14.4 Å². The van der Waals surface area contributed by atoms with Crippen LogP contribution in [0.5, 0.6) is 0 Å². The van der Waals surface area contributed by atoms with Gasteiger partial charge in [-0.25, -0.2) is 9.78 Å². The Morgan fingerprint density at radius 1 is 1.20 bits per heavy atom. The summed E-state index contributed by atoms with van der Waals surface area (Å²) in [6.45, 7) is 0.302. The van der Waals surface area contributed by atoms with Gasteiger partial charge >= 0.3 is 6.03 Å². The van der Waals surface area contributed by atoms with Gasteiger partial charge in [-0.2, -0.15) is 0 Å². The van der Waals surface area contributed by atoms with Crippen LogP contribution in [0.4, 0.5) is 10.5 Å². The average molecular weight is 269 g/mol. The molecule has 3 amide bonds. The molecular weight excluding hydrogens is 258 g/mol. The van der Waals surface area contributed by atoms with Crippen molar-refractivity contribution in [3.05, 3.63) is 36.0 Å². The molecule has 0 atom stereocenters. The Morgan fingerprint density at radius 3 is 2.80 bits per heavy atom. The first kappa shape index (κ1) is 12.3. The molecule has 0 spiro atoms. The Morgan fingerprint density at radius 2 is 2.05 bits per heavy atom. The molecule has 1 aliphatic heterocycles. The van der Waals surface area contributed by atoms with Crippen molar-refractivity contribution in [1.29, 1.82) is 0 Å². The van der Waals surface area contributed by atoms with E-state index in [0.29, 0.717) is 29.7 Å². The Kier molecular flexibility index (Phi) is 2.90. The third kappa shape index (κ3) is 2.01. The summed E-state index contributed by atoms with van der Waals surface area (Å²) >= 11 is 0. The first-order valence-electron chi connectivity index (χ1n) is 6.15. The molecule has 100 valence electrons. The Balaban J connectivity index is 2.13. The molecule has 1 aromatic heterocycles. The van der Waals surface area contributed by atoms with Crippen LogP contribution in [-0.4, -0.2) is 29.8 Å². The summed E-state index contributed by atoms with van der Waals surface area (Å²) in [6, 6.07) is 8.35. The number of carbonyl (C=O) groups excluding carboxylic acids is 3. The molecule has 0 bridgehead atoms. The van der Waals surface area contributed by atoms with E-state index in [4.69, 9.17) is 0 Å². The molecule has 1 N–H and O–H groups in total. The number of aldehydes is 1. The number of imide groups is 1. The fourth-order valence-corrected chi connectivity index (χ4v) is 2.22. The maximum atomic E-state index is 11.9. The summed E-state index contributed by atoms with van der Waals surface area (Å²) in [5.41, 5.74) is 1.47. The second-order valence-corrected chi connectivity index (χ2v) is 4.46. The van der Waals surface area contributed by atoms with Crippen LogP contribution in [0, 0.1) is 0 Å². The van der Waals surface area contributed by atoms with Crippen molar-refractivity contribution in [2.75, 3.05) is 11.4 Å². The van der Waals surface area contributed by atoms with Crippen LogP contribution in [0.3, 0.4) is 0 Å². The maximum Gasteiger partial charge on any atom is 0.328 e. The first-order valence-corrected chi connectivity index (χ1v) is 6.15. The minimum Gasteiger partial charge on any atom is -0.296 e. The van der Waals surface area contributed by atoms with Crippen molar-refractivity contribution in [2.24, 2.45) is 0 Å². The number of carbonyl (C=O) groups is 3. The highest BCUT2D eigenvalue weighted by atomic mass is 16.2. The lowest BCUT2D eigenvalue weighted by Crippen LogP contribution is -2.49. The summed E-state index contributed by atoms with van der Waals surface area (Å²) in [5.74, 6) is -0.284. The Bertz CT molecular complexity index is 727. The van der Waals surface area contributed by atoms with Gasteiger partial charge in [0.05, 0.1) is 11.2 Å². The average Bonchev–Trinajstić information content (AvgIpc) is 2.46. The Labute approximate surface area is 114 Å². The maximum absolute atomic E-state index is 11.9. The highest BCUT2D eigenvalue weighted by Gasteiger charge is 2.25. The van der Waals surface area contributed by atoms with Crippen molar-refractivity contribution in [2.45, 2.75) is 6.42 Å². The molecule has 2 aromatic rings. The monoisotopic (exact) mass is 269 g/mol. The van der Waals surface area contributed by atoms with Crippen LogP contribution in [0.1, 0.15) is 16.9 Å². The van der Waals surface area contributed by atoms with Crippen LogP contribution in [0.2, 0.25) is 0 Å². The molecule has 1 saturated heterocycles. The molecule has 6 heteroatoms. The topological polar surface area (TPSA) is 79.4 Å². The fraction of sp³-hybridized carbons (Fsp3) is 0.143. The number of aromatic nitrogens is 1. The van der Waals surface area contributed by atoms with Gasteiger partial charge in [0.15, 0.2) is 6.29 Å². The van der Waals surface area contributed by atoms with Gasteiger partial charge in [0.2, 0.25) is 5.91 Å². The van der Waals surface area contributed by atoms with Gasteiger partial charge in [0.25, 0.3) is 0 Å². The number of rotatable bonds is 2. The predicted octanol–water partition coefficient (Wildman–Crippen LogP) is 1.49. The number of anilines is 1. The second kappa shape index (κ2) is 4.73. The third-order valence-corrected chi connectivity index (χ3v) is 3.19. The first-order chi connectivity index (χ1) is 9.69. The van der Waals surface area contributed by atoms with Crippen LogP contribution in [0.25, 0.3) is 10.9 Å². The van der Waals surface area contributed by atoms with Gasteiger partial charge in [-0.05, 0) is 12.1 Å². The molecule has 6 nitrogen and oxygen atoms in total. The molecule has 0 aliphatic carbocycles. The molecule has 1 aliphatic rings. The molecule has 0 saturated carbocycles. The molecule has 0 radical (unpaired) electrons. The zero-order chi connectivity index (χ0) is 14.1. The summed E-state index contributed by atoms with van der Waals surface area (Å²) in [7, 11) is 0. The largest absolute Gasteiger partial charge is 0.328 e. The molecule has 2 heterocycles. The Hall–Kier alpha value is -2.76. The van der Waals surface area contributed by atoms with Gasteiger partial charge < -0.3 is 0 Å². The number of pyridine rings is 1. The number of hydrogen-bond acceptors (Lipinski definition) is 4. The quantitative estimate of drug-likeness (QED) is 0.838. The van der Waals surface area contributed by atoms with Crippen molar-refractivity contribution < 1.29 is 14.4 Å². The molecule has 3 rings (SSSR count). The van der Waals surface area contributed by atoms with Crippen LogP contribution < -0.4 is 10.2 Å². The molecule has 0 unspecified atom stereocenters. The molecule has 1 aromatic carbocycles. The van der Waals surface area contributed by atoms with Gasteiger partial charge in [-0.15, -0.1) is 0 Å². The summed E-state index contributed by atoms with van der Waals surface area (Å²) in [5, 5.41) is 3.10. The van der Waals surface area contributed by atoms with E-state index in [1.807, 2.05) is 12.1 Å². The van der Waals surface area contributed by atoms with E-state index >= 15 is 0 Å². The SMILES string of the molecule is O=Cc1ccc2cccc(N3CCC(=O)NC3=O)c2n1. The van der Waals surface area contributed by atoms with Crippen LogP contribution >= 0.6 is 0 Å². The fourth-order valence-electron chi connectivity index (χ4n) is 2.22. The lowest BCUT2D eigenvalue weighted by atomic mass is 10.1. The number of benzene rings is 1. The zero-order valence-corrected chi connectivity index (χ0v) is 10.5. The van der Waals surface area contributed by atoms with Gasteiger partial charge in [0.1, 0.15) is 5.69 Å². The number of para-hydroxylation sites is 1. The van der Waals surface area contributed by atoms with E-state index in [-0.39, 0.29) is 12.3 Å². The normalized spacial score (nSPS) is 15.3. The van der Waals surface area contributed by atoms with Crippen LogP contribution in [0.15, 0.2) is 30.3 Å². The van der Waals surface area contributed by atoms with E-state index in [1.54, 1.807) is 18.2 Å². The lowest BCUT2D eigenvalue weighted by Gasteiger charge is -2.27. The number of fused-ring (bicyclic) bond motifs is 1. The van der Waals surface area contributed by atoms with Crippen molar-refractivity contribution in [1.82, 2.24) is 10.3 Å². The zero-order valence-electron chi connectivity index (χ0n) is 10.5. The van der Waals surface area contributed by atoms with Crippen molar-refractivity contribution >= 4 is 34.8 Å². The smallest absolute Gasteiger partial charge is 0.296 e. The number of hydrogen-bond donors (Lipinski definition) is 1. The summed E-state index contributed by atoms with van der Waals surface area (Å²) < 4.78 is 0. The predicted molar refractivity (Wildman–Crippen MR) is 72.6 cm³/mol. The lowest BCUT2D eigenvalue weighted by molar-refractivity contribution is -0.120. The highest BCUT2D eigenvalue weighted by molar-refractivity contribution is 6.09. The van der Waals surface area contributed by atoms with Gasteiger partial charge in [-0.1, -0.05) is 18.2 Å². The number of urea groups is 1. The summed E-state index contributed by atoms with van der Waals surface area (Å²) in [6.07, 6.45) is 0.908. The van der Waals surface area contributed by atoms with Crippen molar-refractivity contribution in [3.63, 3.8) is 0 Å².